The number of rotatable bonds is 5. The molecule has 2 fully saturated rings. The van der Waals surface area contributed by atoms with Gasteiger partial charge >= 0.3 is 0 Å². The van der Waals surface area contributed by atoms with E-state index in [1.165, 1.54) is 32.1 Å². The quantitative estimate of drug-likeness (QED) is 0.404. The Morgan fingerprint density at radius 3 is 2.58 bits per heavy atom. The summed E-state index contributed by atoms with van der Waals surface area (Å²) in [5.41, 5.74) is 0. The van der Waals surface area contributed by atoms with Gasteiger partial charge in [0.05, 0.1) is 6.54 Å². The normalized spacial score (nSPS) is 24.6. The van der Waals surface area contributed by atoms with Gasteiger partial charge in [-0.05, 0) is 31.1 Å². The summed E-state index contributed by atoms with van der Waals surface area (Å²) in [6.07, 6.45) is 9.32. The molecule has 2 aliphatic rings. The molecule has 2 unspecified atom stereocenters. The molecule has 0 bridgehead atoms. The lowest BCUT2D eigenvalue weighted by atomic mass is 9.92. The van der Waals surface area contributed by atoms with Crippen LogP contribution in [0.5, 0.6) is 0 Å². The number of hydrogen-bond donors (Lipinski definition) is 1. The Labute approximate surface area is 175 Å². The number of piperidine rings is 1. The predicted octanol–water partition coefficient (Wildman–Crippen LogP) is 3.32. The molecule has 1 aliphatic heterocycles. The van der Waals surface area contributed by atoms with Crippen LogP contribution >= 0.6 is 24.0 Å². The van der Waals surface area contributed by atoms with Crippen LogP contribution < -0.4 is 5.32 Å². The third-order valence-corrected chi connectivity index (χ3v) is 5.47. The van der Waals surface area contributed by atoms with E-state index >= 15 is 0 Å². The minimum Gasteiger partial charge on any atom is -0.354 e. The van der Waals surface area contributed by atoms with Gasteiger partial charge in [0.25, 0.3) is 0 Å². The number of nitrogens with one attached hydrogen (secondary N) is 1. The number of aromatic nitrogens is 3. The molecule has 0 spiro atoms. The first kappa shape index (κ1) is 21.4. The van der Waals surface area contributed by atoms with Crippen LogP contribution in [0.4, 0.5) is 0 Å². The minimum atomic E-state index is 0. The van der Waals surface area contributed by atoms with Crippen molar-refractivity contribution in [1.29, 1.82) is 0 Å². The van der Waals surface area contributed by atoms with E-state index < -0.39 is 0 Å². The van der Waals surface area contributed by atoms with Gasteiger partial charge in [-0.25, -0.2) is 0 Å². The number of nitrogens with zero attached hydrogens (tertiary/aromatic N) is 5. The summed E-state index contributed by atoms with van der Waals surface area (Å²) in [5, 5.41) is 12.0. The van der Waals surface area contributed by atoms with E-state index in [1.807, 2.05) is 6.33 Å². The molecule has 1 saturated heterocycles. The maximum atomic E-state index is 4.99. The van der Waals surface area contributed by atoms with E-state index in [4.69, 9.17) is 4.99 Å². The zero-order valence-electron chi connectivity index (χ0n) is 16.5. The summed E-state index contributed by atoms with van der Waals surface area (Å²) < 4.78 is 2.12. The summed E-state index contributed by atoms with van der Waals surface area (Å²) in [4.78, 5) is 7.48. The molecule has 6 nitrogen and oxygen atoms in total. The molecule has 1 aliphatic carbocycles. The molecule has 7 heteroatoms. The van der Waals surface area contributed by atoms with Crippen molar-refractivity contribution >= 4 is 29.9 Å². The monoisotopic (exact) mass is 474 g/mol. The van der Waals surface area contributed by atoms with Gasteiger partial charge in [-0.1, -0.05) is 33.6 Å². The summed E-state index contributed by atoms with van der Waals surface area (Å²) in [6, 6.07) is 0.604. The molecule has 1 N–H and O–H groups in total. The number of aryl methyl sites for hydroxylation is 1. The highest BCUT2D eigenvalue weighted by molar-refractivity contribution is 14.0. The molecular weight excluding hydrogens is 439 g/mol. The molecule has 0 amide bonds. The maximum Gasteiger partial charge on any atom is 0.194 e. The van der Waals surface area contributed by atoms with Crippen LogP contribution in [0.3, 0.4) is 0 Å². The largest absolute Gasteiger partial charge is 0.354 e. The number of aliphatic imine (C=N–C) groups is 1. The Hall–Kier alpha value is -0.860. The SMILES string of the molecule is CCc1nncn1CCN=C(NC1CCCC1)N1CC(C)CC(C)C1.I. The first-order chi connectivity index (χ1) is 12.2. The molecular formula is C19H35IN6. The molecule has 1 aromatic rings. The average Bonchev–Trinajstić information content (AvgIpc) is 3.24. The van der Waals surface area contributed by atoms with E-state index in [0.29, 0.717) is 6.04 Å². The Bertz CT molecular complexity index is 556. The van der Waals surface area contributed by atoms with Crippen LogP contribution in [0, 0.1) is 11.8 Å². The lowest BCUT2D eigenvalue weighted by Gasteiger charge is -2.38. The lowest BCUT2D eigenvalue weighted by Crippen LogP contribution is -2.50. The van der Waals surface area contributed by atoms with E-state index in [1.54, 1.807) is 0 Å². The Balaban J connectivity index is 0.00000243. The fourth-order valence-corrected chi connectivity index (χ4v) is 4.33. The second-order valence-electron chi connectivity index (χ2n) is 7.98. The van der Waals surface area contributed by atoms with Gasteiger partial charge in [-0.3, -0.25) is 4.99 Å². The smallest absolute Gasteiger partial charge is 0.194 e. The van der Waals surface area contributed by atoms with Crippen LogP contribution in [0.1, 0.15) is 58.7 Å². The number of halogens is 1. The van der Waals surface area contributed by atoms with E-state index in [0.717, 1.165) is 56.2 Å². The highest BCUT2D eigenvalue weighted by Crippen LogP contribution is 2.22. The summed E-state index contributed by atoms with van der Waals surface area (Å²) >= 11 is 0. The molecule has 3 rings (SSSR count). The first-order valence-corrected chi connectivity index (χ1v) is 10.1. The summed E-state index contributed by atoms with van der Waals surface area (Å²) in [6.45, 7) is 10.7. The van der Waals surface area contributed by atoms with Crippen molar-refractivity contribution in [2.45, 2.75) is 71.9 Å². The highest BCUT2D eigenvalue weighted by atomic mass is 127. The molecule has 2 heterocycles. The zero-order chi connectivity index (χ0) is 17.6. The van der Waals surface area contributed by atoms with Gasteiger partial charge in [-0.15, -0.1) is 34.2 Å². The van der Waals surface area contributed by atoms with Crippen molar-refractivity contribution in [2.24, 2.45) is 16.8 Å². The van der Waals surface area contributed by atoms with E-state index in [-0.39, 0.29) is 24.0 Å². The van der Waals surface area contributed by atoms with Crippen LogP contribution in [0.2, 0.25) is 0 Å². The van der Waals surface area contributed by atoms with Gasteiger partial charge in [0.15, 0.2) is 5.96 Å². The van der Waals surface area contributed by atoms with Crippen molar-refractivity contribution in [2.75, 3.05) is 19.6 Å². The predicted molar refractivity (Wildman–Crippen MR) is 117 cm³/mol. The molecule has 2 atom stereocenters. The van der Waals surface area contributed by atoms with Crippen LogP contribution in [0.15, 0.2) is 11.3 Å². The third kappa shape index (κ3) is 5.82. The molecule has 1 aromatic heterocycles. The minimum absolute atomic E-state index is 0. The van der Waals surface area contributed by atoms with E-state index in [9.17, 15) is 0 Å². The van der Waals surface area contributed by atoms with Gasteiger partial charge in [0, 0.05) is 32.1 Å². The first-order valence-electron chi connectivity index (χ1n) is 10.1. The number of hydrogen-bond acceptors (Lipinski definition) is 3. The molecule has 148 valence electrons. The van der Waals surface area contributed by atoms with Gasteiger partial charge in [0.2, 0.25) is 0 Å². The Kier molecular flexibility index (Phi) is 8.63. The second-order valence-corrected chi connectivity index (χ2v) is 7.98. The van der Waals surface area contributed by atoms with Crippen LogP contribution in [0.25, 0.3) is 0 Å². The Morgan fingerprint density at radius 2 is 1.92 bits per heavy atom. The van der Waals surface area contributed by atoms with Crippen molar-refractivity contribution in [3.05, 3.63) is 12.2 Å². The van der Waals surface area contributed by atoms with Gasteiger partial charge in [0.1, 0.15) is 12.2 Å². The number of likely N-dealkylation sites (tertiary alicyclic amines) is 1. The summed E-state index contributed by atoms with van der Waals surface area (Å²) in [7, 11) is 0. The van der Waals surface area contributed by atoms with E-state index in [2.05, 4.69) is 45.8 Å². The van der Waals surface area contributed by atoms with Gasteiger partial charge < -0.3 is 14.8 Å². The molecule has 26 heavy (non-hydrogen) atoms. The molecule has 0 aromatic carbocycles. The van der Waals surface area contributed by atoms with Crippen molar-refractivity contribution in [3.63, 3.8) is 0 Å². The summed E-state index contributed by atoms with van der Waals surface area (Å²) in [5.74, 6) is 3.64. The molecule has 1 saturated carbocycles. The zero-order valence-corrected chi connectivity index (χ0v) is 18.9. The lowest BCUT2D eigenvalue weighted by molar-refractivity contribution is 0.206. The highest BCUT2D eigenvalue weighted by Gasteiger charge is 2.26. The average molecular weight is 474 g/mol. The van der Waals surface area contributed by atoms with Crippen molar-refractivity contribution in [3.8, 4) is 0 Å². The fourth-order valence-electron chi connectivity index (χ4n) is 4.33. The van der Waals surface area contributed by atoms with Crippen molar-refractivity contribution in [1.82, 2.24) is 25.0 Å². The topological polar surface area (TPSA) is 58.3 Å². The third-order valence-electron chi connectivity index (χ3n) is 5.47. The van der Waals surface area contributed by atoms with Gasteiger partial charge in [-0.2, -0.15) is 0 Å². The maximum absolute atomic E-state index is 4.99. The fraction of sp³-hybridized carbons (Fsp3) is 0.842. The van der Waals surface area contributed by atoms with Crippen LogP contribution in [-0.4, -0.2) is 51.3 Å². The Morgan fingerprint density at radius 1 is 1.23 bits per heavy atom. The van der Waals surface area contributed by atoms with Crippen LogP contribution in [-0.2, 0) is 13.0 Å². The number of guanidine groups is 1. The second kappa shape index (κ2) is 10.5. The molecule has 0 radical (unpaired) electrons. The van der Waals surface area contributed by atoms with Crippen molar-refractivity contribution < 1.29 is 0 Å². The standard InChI is InChI=1S/C19H34N6.HI/c1-4-18-23-21-14-24(18)10-9-20-19(22-17-7-5-6-8-17)25-12-15(2)11-16(3)13-25;/h14-17H,4-13H2,1-3H3,(H,20,22);1H.